The van der Waals surface area contributed by atoms with E-state index in [4.69, 9.17) is 21.7 Å². The molecule has 6 nitrogen and oxygen atoms in total. The van der Waals surface area contributed by atoms with Crippen molar-refractivity contribution in [2.75, 3.05) is 9.91 Å². The van der Waals surface area contributed by atoms with Gasteiger partial charge in [0.1, 0.15) is 22.9 Å². The third-order valence-electron chi connectivity index (χ3n) is 5.71. The number of aliphatic imine (C=N–C) groups is 1. The molecule has 33 heavy (non-hydrogen) atoms. The zero-order chi connectivity index (χ0) is 22.4. The van der Waals surface area contributed by atoms with Crippen LogP contribution in [0.15, 0.2) is 95.0 Å². The van der Waals surface area contributed by atoms with Crippen LogP contribution in [0.5, 0.6) is 0 Å². The Morgan fingerprint density at radius 3 is 2.21 bits per heavy atom. The second-order valence-electron chi connectivity index (χ2n) is 7.84. The van der Waals surface area contributed by atoms with Gasteiger partial charge in [0, 0.05) is 10.6 Å². The lowest BCUT2D eigenvalue weighted by Crippen LogP contribution is -2.35. The summed E-state index contributed by atoms with van der Waals surface area (Å²) in [6, 6.07) is 28.0. The fourth-order valence-corrected chi connectivity index (χ4v) is 5.07. The molecule has 3 aromatic carbocycles. The first kappa shape index (κ1) is 20.1. The van der Waals surface area contributed by atoms with Gasteiger partial charge in [-0.15, -0.1) is 10.2 Å². The second kappa shape index (κ2) is 8.10. The zero-order valence-electron chi connectivity index (χ0n) is 17.7. The van der Waals surface area contributed by atoms with Gasteiger partial charge >= 0.3 is 0 Å². The lowest BCUT2D eigenvalue weighted by atomic mass is 9.99. The first-order chi connectivity index (χ1) is 16.2. The SMILES string of the molecule is Cc1nnc(N2C(c3ccccc3)=N[C@H]3C2=NN(c2ccccc2)[C@@H]3c2ccc(Cl)cc2)s1. The van der Waals surface area contributed by atoms with Crippen LogP contribution in [0.4, 0.5) is 10.8 Å². The number of para-hydroxylation sites is 1. The van der Waals surface area contributed by atoms with Gasteiger partial charge in [-0.05, 0) is 36.8 Å². The summed E-state index contributed by atoms with van der Waals surface area (Å²) in [5, 5.41) is 18.2. The molecule has 2 atom stereocenters. The number of hydrazone groups is 1. The van der Waals surface area contributed by atoms with Crippen LogP contribution >= 0.6 is 22.9 Å². The van der Waals surface area contributed by atoms with Crippen molar-refractivity contribution in [2.45, 2.75) is 19.0 Å². The van der Waals surface area contributed by atoms with Gasteiger partial charge in [-0.2, -0.15) is 5.10 Å². The molecule has 3 heterocycles. The van der Waals surface area contributed by atoms with E-state index in [1.165, 1.54) is 11.3 Å². The summed E-state index contributed by atoms with van der Waals surface area (Å²) < 4.78 is 0. The van der Waals surface area contributed by atoms with Crippen LogP contribution in [0.1, 0.15) is 22.2 Å². The van der Waals surface area contributed by atoms with Crippen molar-refractivity contribution in [3.8, 4) is 0 Å². The third-order valence-corrected chi connectivity index (χ3v) is 6.79. The first-order valence-corrected chi connectivity index (χ1v) is 11.8. The van der Waals surface area contributed by atoms with Gasteiger partial charge < -0.3 is 0 Å². The highest BCUT2D eigenvalue weighted by Crippen LogP contribution is 2.42. The number of benzene rings is 3. The number of rotatable bonds is 4. The van der Waals surface area contributed by atoms with Crippen LogP contribution < -0.4 is 9.91 Å². The Balaban J connectivity index is 1.52. The number of aryl methyl sites for hydroxylation is 1. The summed E-state index contributed by atoms with van der Waals surface area (Å²) in [6.45, 7) is 1.96. The average molecular weight is 471 g/mol. The molecular weight excluding hydrogens is 452 g/mol. The Kier molecular flexibility index (Phi) is 4.93. The fourth-order valence-electron chi connectivity index (χ4n) is 4.25. The van der Waals surface area contributed by atoms with Gasteiger partial charge in [0.05, 0.1) is 5.69 Å². The molecule has 2 aliphatic heterocycles. The predicted molar refractivity (Wildman–Crippen MR) is 134 cm³/mol. The van der Waals surface area contributed by atoms with E-state index in [0.29, 0.717) is 5.02 Å². The molecule has 4 aromatic rings. The largest absolute Gasteiger partial charge is 0.254 e. The van der Waals surface area contributed by atoms with Crippen molar-refractivity contribution in [1.82, 2.24) is 10.2 Å². The van der Waals surface area contributed by atoms with E-state index in [0.717, 1.165) is 38.6 Å². The van der Waals surface area contributed by atoms with Gasteiger partial charge in [0.15, 0.2) is 5.84 Å². The van der Waals surface area contributed by atoms with Crippen LogP contribution in [0.3, 0.4) is 0 Å². The highest BCUT2D eigenvalue weighted by atomic mass is 35.5. The maximum absolute atomic E-state index is 6.20. The van der Waals surface area contributed by atoms with Gasteiger partial charge in [0.2, 0.25) is 5.13 Å². The monoisotopic (exact) mass is 470 g/mol. The molecule has 0 bridgehead atoms. The lowest BCUT2D eigenvalue weighted by Gasteiger charge is -2.26. The summed E-state index contributed by atoms with van der Waals surface area (Å²) >= 11 is 7.73. The summed E-state index contributed by atoms with van der Waals surface area (Å²) in [6.07, 6.45) is 0. The fraction of sp³-hybridized carbons (Fsp3) is 0.120. The zero-order valence-corrected chi connectivity index (χ0v) is 19.3. The van der Waals surface area contributed by atoms with Crippen molar-refractivity contribution in [3.63, 3.8) is 0 Å². The molecule has 0 unspecified atom stereocenters. The van der Waals surface area contributed by atoms with E-state index >= 15 is 0 Å². The summed E-state index contributed by atoms with van der Waals surface area (Å²) in [5.41, 5.74) is 3.12. The average Bonchev–Trinajstić information content (AvgIpc) is 3.54. The molecule has 1 aromatic heterocycles. The van der Waals surface area contributed by atoms with Crippen LogP contribution in [-0.2, 0) is 0 Å². The molecule has 162 valence electrons. The minimum absolute atomic E-state index is 0.114. The summed E-state index contributed by atoms with van der Waals surface area (Å²) in [5.74, 6) is 1.68. The molecule has 0 radical (unpaired) electrons. The Morgan fingerprint density at radius 2 is 1.55 bits per heavy atom. The van der Waals surface area contributed by atoms with E-state index in [9.17, 15) is 0 Å². The molecule has 2 aliphatic rings. The lowest BCUT2D eigenvalue weighted by molar-refractivity contribution is 0.645. The Hall–Kier alpha value is -3.55. The van der Waals surface area contributed by atoms with E-state index in [2.05, 4.69) is 56.5 Å². The molecule has 0 saturated heterocycles. The number of amidine groups is 2. The molecule has 0 fully saturated rings. The van der Waals surface area contributed by atoms with E-state index in [-0.39, 0.29) is 12.1 Å². The third kappa shape index (κ3) is 3.50. The van der Waals surface area contributed by atoms with Crippen molar-refractivity contribution in [1.29, 1.82) is 0 Å². The Labute approximate surface area is 200 Å². The highest BCUT2D eigenvalue weighted by Gasteiger charge is 2.48. The normalized spacial score (nSPS) is 19.5. The molecule has 6 rings (SSSR count). The van der Waals surface area contributed by atoms with Crippen LogP contribution in [0.25, 0.3) is 0 Å². The van der Waals surface area contributed by atoms with Crippen LogP contribution in [0, 0.1) is 6.92 Å². The van der Waals surface area contributed by atoms with E-state index < -0.39 is 0 Å². The number of anilines is 2. The summed E-state index contributed by atoms with van der Waals surface area (Å²) in [7, 11) is 0. The molecule has 0 aliphatic carbocycles. The number of nitrogens with zero attached hydrogens (tertiary/aromatic N) is 6. The molecule has 0 saturated carbocycles. The number of fused-ring (bicyclic) bond motifs is 1. The number of hydrogen-bond donors (Lipinski definition) is 0. The van der Waals surface area contributed by atoms with Gasteiger partial charge in [0.25, 0.3) is 0 Å². The topological polar surface area (TPSA) is 57.0 Å². The molecule has 0 amide bonds. The standard InChI is InChI=1S/C25H19ClN6S/c1-16-28-29-25(33-16)31-23(18-8-4-2-5-9-18)27-21-22(17-12-14-19(26)15-13-17)32(30-24(21)31)20-10-6-3-7-11-20/h2-15,21-22H,1H3/t21-,22-/m1/s1. The molecule has 0 N–H and O–H groups in total. The maximum atomic E-state index is 6.20. The number of hydrogen-bond acceptors (Lipinski definition) is 7. The van der Waals surface area contributed by atoms with Gasteiger partial charge in [-0.1, -0.05) is 83.6 Å². The molecular formula is C25H19ClN6S. The van der Waals surface area contributed by atoms with Gasteiger partial charge in [-0.25, -0.2) is 0 Å². The number of aromatic nitrogens is 2. The molecule has 8 heteroatoms. The van der Waals surface area contributed by atoms with Crippen molar-refractivity contribution >= 4 is 45.4 Å². The predicted octanol–water partition coefficient (Wildman–Crippen LogP) is 5.71. The minimum atomic E-state index is -0.203. The number of halogens is 1. The Morgan fingerprint density at radius 1 is 0.848 bits per heavy atom. The molecule has 0 spiro atoms. The second-order valence-corrected chi connectivity index (χ2v) is 9.43. The van der Waals surface area contributed by atoms with E-state index in [1.807, 2.05) is 55.5 Å². The first-order valence-electron chi connectivity index (χ1n) is 10.6. The Bertz CT molecular complexity index is 1350. The van der Waals surface area contributed by atoms with Gasteiger partial charge in [-0.3, -0.25) is 14.9 Å². The highest BCUT2D eigenvalue weighted by molar-refractivity contribution is 7.15. The maximum Gasteiger partial charge on any atom is 0.219 e. The smallest absolute Gasteiger partial charge is 0.219 e. The van der Waals surface area contributed by atoms with Crippen molar-refractivity contribution in [2.24, 2.45) is 10.1 Å². The van der Waals surface area contributed by atoms with Crippen molar-refractivity contribution in [3.05, 3.63) is 106 Å². The van der Waals surface area contributed by atoms with Crippen LogP contribution in [-0.4, -0.2) is 27.9 Å². The van der Waals surface area contributed by atoms with Crippen molar-refractivity contribution < 1.29 is 0 Å². The quantitative estimate of drug-likeness (QED) is 0.383. The van der Waals surface area contributed by atoms with Crippen LogP contribution in [0.2, 0.25) is 5.02 Å². The van der Waals surface area contributed by atoms with E-state index in [1.54, 1.807) is 0 Å². The summed E-state index contributed by atoms with van der Waals surface area (Å²) in [4.78, 5) is 7.27. The minimum Gasteiger partial charge on any atom is -0.254 e.